The zero-order chi connectivity index (χ0) is 10.7. The van der Waals surface area contributed by atoms with Crippen LogP contribution >= 0.6 is 11.8 Å². The van der Waals surface area contributed by atoms with Crippen LogP contribution in [0.4, 0.5) is 0 Å². The van der Waals surface area contributed by atoms with Gasteiger partial charge in [-0.1, -0.05) is 12.8 Å². The molecule has 1 saturated carbocycles. The van der Waals surface area contributed by atoms with E-state index in [2.05, 4.69) is 23.7 Å². The van der Waals surface area contributed by atoms with Gasteiger partial charge in [0.2, 0.25) is 0 Å². The van der Waals surface area contributed by atoms with Gasteiger partial charge in [0.1, 0.15) is 0 Å². The molecular formula is C12H24N2S. The van der Waals surface area contributed by atoms with Crippen molar-refractivity contribution in [3.05, 3.63) is 0 Å². The molecule has 1 atom stereocenters. The Bertz CT molecular complexity index is 196. The van der Waals surface area contributed by atoms with Gasteiger partial charge in [-0.3, -0.25) is 0 Å². The first-order chi connectivity index (χ1) is 7.20. The summed E-state index contributed by atoms with van der Waals surface area (Å²) < 4.78 is 0. The van der Waals surface area contributed by atoms with Crippen molar-refractivity contribution in [1.29, 1.82) is 0 Å². The van der Waals surface area contributed by atoms with Crippen LogP contribution in [0.25, 0.3) is 0 Å². The van der Waals surface area contributed by atoms with Crippen LogP contribution in [0.15, 0.2) is 0 Å². The lowest BCUT2D eigenvalue weighted by atomic mass is 9.94. The molecule has 0 aromatic rings. The third-order valence-electron chi connectivity index (χ3n) is 4.09. The van der Waals surface area contributed by atoms with Crippen LogP contribution in [0.3, 0.4) is 0 Å². The number of hydrogen-bond donors (Lipinski definition) is 1. The molecule has 2 nitrogen and oxygen atoms in total. The summed E-state index contributed by atoms with van der Waals surface area (Å²) in [6, 6.07) is 0.819. The minimum Gasteiger partial charge on any atom is -0.325 e. The van der Waals surface area contributed by atoms with Gasteiger partial charge in [-0.15, -0.1) is 0 Å². The average Bonchev–Trinajstić information content (AvgIpc) is 2.85. The van der Waals surface area contributed by atoms with E-state index in [4.69, 9.17) is 5.73 Å². The normalized spacial score (nSPS) is 30.2. The fraction of sp³-hybridized carbons (Fsp3) is 1.00. The molecule has 0 aromatic heterocycles. The van der Waals surface area contributed by atoms with E-state index in [9.17, 15) is 0 Å². The molecule has 1 saturated heterocycles. The zero-order valence-corrected chi connectivity index (χ0v) is 10.7. The first-order valence-corrected chi connectivity index (χ1v) is 7.42. The Morgan fingerprint density at radius 1 is 1.40 bits per heavy atom. The highest BCUT2D eigenvalue weighted by molar-refractivity contribution is 7.99. The lowest BCUT2D eigenvalue weighted by Crippen LogP contribution is -2.42. The molecule has 1 unspecified atom stereocenters. The van der Waals surface area contributed by atoms with Crippen molar-refractivity contribution in [2.24, 2.45) is 5.73 Å². The van der Waals surface area contributed by atoms with Crippen molar-refractivity contribution in [3.63, 3.8) is 0 Å². The molecule has 0 bridgehead atoms. The standard InChI is InChI=1S/C12H24N2S/c1-14(11-4-9-15-10-11)8-7-12(13)5-2-3-6-12/h11H,2-10,13H2,1H3. The summed E-state index contributed by atoms with van der Waals surface area (Å²) in [4.78, 5) is 2.53. The monoisotopic (exact) mass is 228 g/mol. The Hall–Kier alpha value is 0.270. The first-order valence-electron chi connectivity index (χ1n) is 6.26. The average molecular weight is 228 g/mol. The summed E-state index contributed by atoms with van der Waals surface area (Å²) in [5, 5.41) is 0. The highest BCUT2D eigenvalue weighted by atomic mass is 32.2. The van der Waals surface area contributed by atoms with Crippen LogP contribution in [0.5, 0.6) is 0 Å². The number of hydrogen-bond acceptors (Lipinski definition) is 3. The van der Waals surface area contributed by atoms with Crippen molar-refractivity contribution in [2.75, 3.05) is 25.1 Å². The molecular weight excluding hydrogens is 204 g/mol. The zero-order valence-electron chi connectivity index (χ0n) is 9.87. The van der Waals surface area contributed by atoms with Crippen molar-refractivity contribution in [1.82, 2.24) is 4.90 Å². The third-order valence-corrected chi connectivity index (χ3v) is 5.24. The van der Waals surface area contributed by atoms with Gasteiger partial charge in [0.25, 0.3) is 0 Å². The van der Waals surface area contributed by atoms with Gasteiger partial charge in [-0.2, -0.15) is 11.8 Å². The lowest BCUT2D eigenvalue weighted by molar-refractivity contribution is 0.230. The van der Waals surface area contributed by atoms with Gasteiger partial charge in [-0.25, -0.2) is 0 Å². The van der Waals surface area contributed by atoms with Gasteiger partial charge >= 0.3 is 0 Å². The van der Waals surface area contributed by atoms with E-state index >= 15 is 0 Å². The van der Waals surface area contributed by atoms with Gasteiger partial charge in [0.15, 0.2) is 0 Å². The van der Waals surface area contributed by atoms with E-state index in [1.165, 1.54) is 56.6 Å². The minimum atomic E-state index is 0.181. The van der Waals surface area contributed by atoms with Crippen LogP contribution in [0.2, 0.25) is 0 Å². The van der Waals surface area contributed by atoms with Crippen LogP contribution in [0, 0.1) is 0 Å². The maximum absolute atomic E-state index is 6.37. The maximum Gasteiger partial charge on any atom is 0.0191 e. The van der Waals surface area contributed by atoms with Crippen molar-refractivity contribution in [2.45, 2.75) is 50.1 Å². The number of nitrogens with zero attached hydrogens (tertiary/aromatic N) is 1. The van der Waals surface area contributed by atoms with E-state index in [1.807, 2.05) is 0 Å². The van der Waals surface area contributed by atoms with Gasteiger partial charge < -0.3 is 10.6 Å². The maximum atomic E-state index is 6.37. The Morgan fingerprint density at radius 2 is 2.13 bits per heavy atom. The molecule has 0 radical (unpaired) electrons. The predicted molar refractivity (Wildman–Crippen MR) is 68.4 cm³/mol. The van der Waals surface area contributed by atoms with Gasteiger partial charge in [-0.05, 0) is 45.0 Å². The lowest BCUT2D eigenvalue weighted by Gasteiger charge is -2.29. The molecule has 1 aliphatic heterocycles. The molecule has 0 aromatic carbocycles. The Kier molecular flexibility index (Phi) is 3.97. The third kappa shape index (κ3) is 3.11. The molecule has 1 heterocycles. The van der Waals surface area contributed by atoms with E-state index in [0.717, 1.165) is 6.04 Å². The molecule has 15 heavy (non-hydrogen) atoms. The number of nitrogens with two attached hydrogens (primary N) is 1. The summed E-state index contributed by atoms with van der Waals surface area (Å²) in [5.74, 6) is 2.68. The molecule has 0 amide bonds. The highest BCUT2D eigenvalue weighted by Crippen LogP contribution is 2.30. The molecule has 2 N–H and O–H groups in total. The summed E-state index contributed by atoms with van der Waals surface area (Å²) in [6.45, 7) is 1.20. The summed E-state index contributed by atoms with van der Waals surface area (Å²) in [7, 11) is 2.27. The molecule has 88 valence electrons. The van der Waals surface area contributed by atoms with E-state index in [0.29, 0.717) is 0 Å². The van der Waals surface area contributed by atoms with E-state index < -0.39 is 0 Å². The quantitative estimate of drug-likeness (QED) is 0.799. The number of rotatable bonds is 4. The van der Waals surface area contributed by atoms with Crippen LogP contribution in [-0.4, -0.2) is 41.6 Å². The second kappa shape index (κ2) is 5.07. The summed E-state index contributed by atoms with van der Waals surface area (Å²) in [6.07, 6.45) is 7.77. The SMILES string of the molecule is CN(CCC1(N)CCCC1)C1CCSC1. The van der Waals surface area contributed by atoms with Crippen molar-refractivity contribution in [3.8, 4) is 0 Å². The van der Waals surface area contributed by atoms with Gasteiger partial charge in [0, 0.05) is 17.3 Å². The summed E-state index contributed by atoms with van der Waals surface area (Å²) >= 11 is 2.09. The Labute approximate surface area is 98.0 Å². The smallest absolute Gasteiger partial charge is 0.0191 e. The van der Waals surface area contributed by atoms with E-state index in [1.54, 1.807) is 0 Å². The second-order valence-electron chi connectivity index (χ2n) is 5.32. The van der Waals surface area contributed by atoms with Crippen molar-refractivity contribution < 1.29 is 0 Å². The molecule has 2 rings (SSSR count). The largest absolute Gasteiger partial charge is 0.325 e. The fourth-order valence-electron chi connectivity index (χ4n) is 2.78. The Balaban J connectivity index is 1.72. The minimum absolute atomic E-state index is 0.181. The first kappa shape index (κ1) is 11.7. The van der Waals surface area contributed by atoms with Crippen LogP contribution in [0.1, 0.15) is 38.5 Å². The predicted octanol–water partition coefficient (Wildman–Crippen LogP) is 2.09. The number of thioether (sulfide) groups is 1. The van der Waals surface area contributed by atoms with Crippen LogP contribution in [-0.2, 0) is 0 Å². The summed E-state index contributed by atoms with van der Waals surface area (Å²) in [5.41, 5.74) is 6.55. The molecule has 2 fully saturated rings. The molecule has 2 aliphatic rings. The van der Waals surface area contributed by atoms with Crippen molar-refractivity contribution >= 4 is 11.8 Å². The fourth-order valence-corrected chi connectivity index (χ4v) is 4.08. The van der Waals surface area contributed by atoms with E-state index in [-0.39, 0.29) is 5.54 Å². The molecule has 3 heteroatoms. The van der Waals surface area contributed by atoms with Gasteiger partial charge in [0.05, 0.1) is 0 Å². The highest BCUT2D eigenvalue weighted by Gasteiger charge is 2.30. The van der Waals surface area contributed by atoms with Crippen LogP contribution < -0.4 is 5.73 Å². The Morgan fingerprint density at radius 3 is 2.73 bits per heavy atom. The second-order valence-corrected chi connectivity index (χ2v) is 6.47. The molecule has 0 spiro atoms. The molecule has 1 aliphatic carbocycles. The topological polar surface area (TPSA) is 29.3 Å².